The van der Waals surface area contributed by atoms with Crippen LogP contribution < -0.4 is 0 Å². The molecule has 1 aromatic carbocycles. The summed E-state index contributed by atoms with van der Waals surface area (Å²) in [6.07, 6.45) is 4.94. The molecular weight excluding hydrogens is 249 g/mol. The van der Waals surface area contributed by atoms with Crippen LogP contribution in [-0.4, -0.2) is 25.0 Å². The topological polar surface area (TPSA) is 3.24 Å². The average Bonchev–Trinajstić information content (AvgIpc) is 2.38. The summed E-state index contributed by atoms with van der Waals surface area (Å²) in [6, 6.07) is 5.33. The quantitative estimate of drug-likeness (QED) is 0.791. The summed E-state index contributed by atoms with van der Waals surface area (Å²) in [7, 11) is 2.20. The van der Waals surface area contributed by atoms with Gasteiger partial charge >= 0.3 is 0 Å². The standard InChI is InChI=1S/C18H28FN/c1-18(2,3)17-13-16(19)8-7-15(17)6-5-14-9-11-20(4)12-10-14/h7-8,13-14H,5-6,9-12H2,1-4H3. The lowest BCUT2D eigenvalue weighted by molar-refractivity contribution is 0.212. The number of likely N-dealkylation sites (tertiary alicyclic amines) is 1. The molecule has 1 heterocycles. The maximum atomic E-state index is 13.5. The Kier molecular flexibility index (Phi) is 4.85. The zero-order valence-corrected chi connectivity index (χ0v) is 13.4. The van der Waals surface area contributed by atoms with Crippen LogP contribution in [0.1, 0.15) is 51.2 Å². The predicted octanol–water partition coefficient (Wildman–Crippen LogP) is 4.40. The third-order valence-electron chi connectivity index (χ3n) is 4.54. The molecule has 0 aromatic heterocycles. The van der Waals surface area contributed by atoms with E-state index in [0.29, 0.717) is 0 Å². The van der Waals surface area contributed by atoms with Crippen molar-refractivity contribution in [3.63, 3.8) is 0 Å². The normalized spacial score (nSPS) is 18.4. The molecule has 1 aliphatic heterocycles. The van der Waals surface area contributed by atoms with E-state index in [-0.39, 0.29) is 11.2 Å². The first-order valence-corrected chi connectivity index (χ1v) is 7.83. The van der Waals surface area contributed by atoms with Crippen LogP contribution >= 0.6 is 0 Å². The number of halogens is 1. The summed E-state index contributed by atoms with van der Waals surface area (Å²) in [5.74, 6) is 0.724. The fraction of sp³-hybridized carbons (Fsp3) is 0.667. The first kappa shape index (κ1) is 15.5. The SMILES string of the molecule is CN1CCC(CCc2ccc(F)cc2C(C)(C)C)CC1. The molecule has 1 saturated heterocycles. The van der Waals surface area contributed by atoms with Gasteiger partial charge in [-0.05, 0) is 80.4 Å². The lowest BCUT2D eigenvalue weighted by Crippen LogP contribution is -2.30. The van der Waals surface area contributed by atoms with Crippen molar-refractivity contribution in [1.29, 1.82) is 0 Å². The summed E-state index contributed by atoms with van der Waals surface area (Å²) in [6.45, 7) is 8.95. The minimum Gasteiger partial charge on any atom is -0.306 e. The molecule has 1 aromatic rings. The molecule has 1 aliphatic rings. The number of hydrogen-bond acceptors (Lipinski definition) is 1. The van der Waals surface area contributed by atoms with E-state index in [2.05, 4.69) is 32.7 Å². The minimum atomic E-state index is -0.113. The van der Waals surface area contributed by atoms with Crippen molar-refractivity contribution in [2.75, 3.05) is 20.1 Å². The van der Waals surface area contributed by atoms with E-state index in [9.17, 15) is 4.39 Å². The van der Waals surface area contributed by atoms with Gasteiger partial charge in [0.05, 0.1) is 0 Å². The summed E-state index contributed by atoms with van der Waals surface area (Å²) < 4.78 is 13.5. The highest BCUT2D eigenvalue weighted by molar-refractivity contribution is 5.33. The molecule has 20 heavy (non-hydrogen) atoms. The van der Waals surface area contributed by atoms with Gasteiger partial charge in [0.1, 0.15) is 5.82 Å². The lowest BCUT2D eigenvalue weighted by Gasteiger charge is -2.29. The van der Waals surface area contributed by atoms with Crippen molar-refractivity contribution in [2.45, 2.75) is 51.9 Å². The Morgan fingerprint density at radius 1 is 1.20 bits per heavy atom. The van der Waals surface area contributed by atoms with Gasteiger partial charge in [0.15, 0.2) is 0 Å². The van der Waals surface area contributed by atoms with Crippen LogP contribution in [0, 0.1) is 11.7 Å². The van der Waals surface area contributed by atoms with Crippen molar-refractivity contribution in [1.82, 2.24) is 4.90 Å². The molecule has 1 nitrogen and oxygen atoms in total. The van der Waals surface area contributed by atoms with Gasteiger partial charge in [0, 0.05) is 0 Å². The predicted molar refractivity (Wildman–Crippen MR) is 83.6 cm³/mol. The van der Waals surface area contributed by atoms with Gasteiger partial charge in [-0.1, -0.05) is 26.8 Å². The van der Waals surface area contributed by atoms with Crippen molar-refractivity contribution in [3.05, 3.63) is 35.1 Å². The summed E-state index contributed by atoms with van der Waals surface area (Å²) >= 11 is 0. The smallest absolute Gasteiger partial charge is 0.123 e. The molecule has 2 heteroatoms. The molecule has 0 aliphatic carbocycles. The number of hydrogen-bond donors (Lipinski definition) is 0. The molecule has 0 unspecified atom stereocenters. The van der Waals surface area contributed by atoms with Crippen LogP contribution in [0.15, 0.2) is 18.2 Å². The van der Waals surface area contributed by atoms with Gasteiger partial charge < -0.3 is 4.90 Å². The molecule has 0 radical (unpaired) electrons. The van der Waals surface area contributed by atoms with Crippen molar-refractivity contribution < 1.29 is 4.39 Å². The van der Waals surface area contributed by atoms with E-state index in [1.54, 1.807) is 12.1 Å². The highest BCUT2D eigenvalue weighted by Gasteiger charge is 2.21. The molecule has 0 saturated carbocycles. The highest BCUT2D eigenvalue weighted by atomic mass is 19.1. The lowest BCUT2D eigenvalue weighted by atomic mass is 9.81. The van der Waals surface area contributed by atoms with Crippen LogP contribution in [0.5, 0.6) is 0 Å². The van der Waals surface area contributed by atoms with Crippen molar-refractivity contribution in [3.8, 4) is 0 Å². The van der Waals surface area contributed by atoms with E-state index in [1.165, 1.54) is 43.5 Å². The van der Waals surface area contributed by atoms with E-state index >= 15 is 0 Å². The highest BCUT2D eigenvalue weighted by Crippen LogP contribution is 2.29. The second-order valence-electron chi connectivity index (χ2n) is 7.34. The zero-order valence-electron chi connectivity index (χ0n) is 13.4. The Balaban J connectivity index is 2.02. The van der Waals surface area contributed by atoms with Crippen LogP contribution in [0.2, 0.25) is 0 Å². The Bertz CT molecular complexity index is 439. The molecule has 0 amide bonds. The van der Waals surface area contributed by atoms with E-state index in [4.69, 9.17) is 0 Å². The molecular formula is C18H28FN. The molecule has 0 N–H and O–H groups in total. The molecule has 2 rings (SSSR count). The first-order chi connectivity index (χ1) is 9.36. The van der Waals surface area contributed by atoms with Crippen LogP contribution in [-0.2, 0) is 11.8 Å². The van der Waals surface area contributed by atoms with Gasteiger partial charge in [0.2, 0.25) is 0 Å². The maximum Gasteiger partial charge on any atom is 0.123 e. The van der Waals surface area contributed by atoms with Gasteiger partial charge in [-0.25, -0.2) is 4.39 Å². The van der Waals surface area contributed by atoms with Crippen molar-refractivity contribution >= 4 is 0 Å². The number of nitrogens with zero attached hydrogens (tertiary/aromatic N) is 1. The van der Waals surface area contributed by atoms with E-state index < -0.39 is 0 Å². The number of piperidine rings is 1. The summed E-state index contributed by atoms with van der Waals surface area (Å²) in [5, 5.41) is 0. The fourth-order valence-electron chi connectivity index (χ4n) is 3.18. The fourth-order valence-corrected chi connectivity index (χ4v) is 3.18. The van der Waals surface area contributed by atoms with Crippen LogP contribution in [0.25, 0.3) is 0 Å². The van der Waals surface area contributed by atoms with Crippen LogP contribution in [0.3, 0.4) is 0 Å². The maximum absolute atomic E-state index is 13.5. The van der Waals surface area contributed by atoms with Gasteiger partial charge in [-0.3, -0.25) is 0 Å². The van der Waals surface area contributed by atoms with Gasteiger partial charge in [-0.2, -0.15) is 0 Å². The zero-order chi connectivity index (χ0) is 14.8. The van der Waals surface area contributed by atoms with E-state index in [1.807, 2.05) is 6.07 Å². The second-order valence-corrected chi connectivity index (χ2v) is 7.34. The molecule has 0 atom stereocenters. The molecule has 0 bridgehead atoms. The van der Waals surface area contributed by atoms with Crippen molar-refractivity contribution in [2.24, 2.45) is 5.92 Å². The third kappa shape index (κ3) is 4.05. The molecule has 1 fully saturated rings. The van der Waals surface area contributed by atoms with Gasteiger partial charge in [-0.15, -0.1) is 0 Å². The summed E-state index contributed by atoms with van der Waals surface area (Å²) in [4.78, 5) is 2.41. The minimum absolute atomic E-state index is 0.0181. The Morgan fingerprint density at radius 2 is 1.85 bits per heavy atom. The second kappa shape index (κ2) is 6.26. The van der Waals surface area contributed by atoms with Crippen LogP contribution in [0.4, 0.5) is 4.39 Å². The first-order valence-electron chi connectivity index (χ1n) is 7.83. The Morgan fingerprint density at radius 3 is 2.45 bits per heavy atom. The molecule has 0 spiro atoms. The Hall–Kier alpha value is -0.890. The largest absolute Gasteiger partial charge is 0.306 e. The van der Waals surface area contributed by atoms with Gasteiger partial charge in [0.25, 0.3) is 0 Å². The Labute approximate surface area is 123 Å². The number of rotatable bonds is 3. The number of aryl methyl sites for hydroxylation is 1. The summed E-state index contributed by atoms with van der Waals surface area (Å²) in [5.41, 5.74) is 2.52. The molecule has 112 valence electrons. The third-order valence-corrected chi connectivity index (χ3v) is 4.54. The number of benzene rings is 1. The average molecular weight is 277 g/mol. The monoisotopic (exact) mass is 277 g/mol. The van der Waals surface area contributed by atoms with E-state index in [0.717, 1.165) is 12.3 Å².